The highest BCUT2D eigenvalue weighted by Gasteiger charge is 2.25. The zero-order valence-electron chi connectivity index (χ0n) is 27.6. The van der Waals surface area contributed by atoms with Crippen LogP contribution in [0.2, 0.25) is 0 Å². The average Bonchev–Trinajstić information content (AvgIpc) is 3.19. The average molecular weight is 639 g/mol. The monoisotopic (exact) mass is 638 g/mol. The molecule has 2 heterocycles. The lowest BCUT2D eigenvalue weighted by molar-refractivity contribution is 0.536. The highest BCUT2D eigenvalue weighted by molar-refractivity contribution is 6.23. The van der Waals surface area contributed by atoms with E-state index in [9.17, 15) is 0 Å². The van der Waals surface area contributed by atoms with E-state index in [0.717, 1.165) is 18.5 Å². The van der Waals surface area contributed by atoms with Crippen molar-refractivity contribution in [2.24, 2.45) is 15.9 Å². The third-order valence-electron chi connectivity index (χ3n) is 10.8. The van der Waals surface area contributed by atoms with Crippen molar-refractivity contribution in [2.75, 3.05) is 0 Å². The minimum Gasteiger partial charge on any atom is -0.288 e. The van der Waals surface area contributed by atoms with E-state index in [1.165, 1.54) is 82.0 Å². The van der Waals surface area contributed by atoms with Crippen LogP contribution >= 0.6 is 0 Å². The molecule has 236 valence electrons. The van der Waals surface area contributed by atoms with Gasteiger partial charge in [-0.2, -0.15) is 0 Å². The number of dihydropyridines is 1. The Morgan fingerprint density at radius 2 is 1.06 bits per heavy atom. The van der Waals surface area contributed by atoms with Gasteiger partial charge in [-0.1, -0.05) is 133 Å². The Balaban J connectivity index is 1.14. The molecule has 50 heavy (non-hydrogen) atoms. The third kappa shape index (κ3) is 4.87. The van der Waals surface area contributed by atoms with Crippen molar-refractivity contribution in [1.29, 1.82) is 0 Å². The minimum absolute atomic E-state index is 0.202. The second kappa shape index (κ2) is 11.8. The quantitative estimate of drug-likeness (QED) is 0.171. The molecule has 8 aromatic rings. The van der Waals surface area contributed by atoms with Crippen LogP contribution in [-0.2, 0) is 6.42 Å². The molecule has 0 saturated heterocycles. The van der Waals surface area contributed by atoms with Crippen molar-refractivity contribution in [1.82, 2.24) is 0 Å². The molecule has 8 aromatic carbocycles. The molecule has 0 saturated carbocycles. The summed E-state index contributed by atoms with van der Waals surface area (Å²) in [5, 5.41) is 10.1. The predicted octanol–water partition coefficient (Wildman–Crippen LogP) is 12.4. The molecule has 2 nitrogen and oxygen atoms in total. The number of rotatable bonds is 4. The summed E-state index contributed by atoms with van der Waals surface area (Å²) in [6, 6.07) is 55.8. The van der Waals surface area contributed by atoms with E-state index in [0.29, 0.717) is 5.92 Å². The van der Waals surface area contributed by atoms with E-state index < -0.39 is 0 Å². The lowest BCUT2D eigenvalue weighted by Crippen LogP contribution is -2.25. The molecule has 0 radical (unpaired) electrons. The molecular formula is C48H34N2. The molecule has 2 heteroatoms. The summed E-state index contributed by atoms with van der Waals surface area (Å²) < 4.78 is 0. The summed E-state index contributed by atoms with van der Waals surface area (Å²) in [7, 11) is 0. The van der Waals surface area contributed by atoms with Gasteiger partial charge in [0.25, 0.3) is 0 Å². The smallest absolute Gasteiger partial charge is 0.0658 e. The van der Waals surface area contributed by atoms with Gasteiger partial charge in [-0.3, -0.25) is 9.98 Å². The van der Waals surface area contributed by atoms with Crippen LogP contribution < -0.4 is 0 Å². The van der Waals surface area contributed by atoms with E-state index >= 15 is 0 Å². The summed E-state index contributed by atoms with van der Waals surface area (Å²) in [6.07, 6.45) is 8.49. The molecule has 2 aliphatic heterocycles. The largest absolute Gasteiger partial charge is 0.288 e. The fourth-order valence-corrected chi connectivity index (χ4v) is 8.21. The Hall–Kier alpha value is -6.12. The molecule has 2 atom stereocenters. The molecule has 0 amide bonds. The Bertz CT molecular complexity index is 2730. The molecule has 2 unspecified atom stereocenters. The van der Waals surface area contributed by atoms with Gasteiger partial charge in [0.15, 0.2) is 0 Å². The molecular weight excluding hydrogens is 605 g/mol. The van der Waals surface area contributed by atoms with E-state index in [4.69, 9.17) is 9.98 Å². The summed E-state index contributed by atoms with van der Waals surface area (Å²) in [6.45, 7) is 0. The van der Waals surface area contributed by atoms with E-state index in [1.54, 1.807) is 0 Å². The Morgan fingerprint density at radius 3 is 1.74 bits per heavy atom. The van der Waals surface area contributed by atoms with Crippen LogP contribution in [0, 0.1) is 5.92 Å². The van der Waals surface area contributed by atoms with Gasteiger partial charge in [0, 0.05) is 18.3 Å². The van der Waals surface area contributed by atoms with Gasteiger partial charge in [0.05, 0.1) is 11.7 Å². The highest BCUT2D eigenvalue weighted by Crippen LogP contribution is 2.45. The topological polar surface area (TPSA) is 24.7 Å². The maximum Gasteiger partial charge on any atom is 0.0658 e. The normalized spacial score (nSPS) is 17.0. The molecule has 0 N–H and O–H groups in total. The highest BCUT2D eigenvalue weighted by atomic mass is 14.8. The predicted molar refractivity (Wildman–Crippen MR) is 214 cm³/mol. The van der Waals surface area contributed by atoms with Crippen LogP contribution in [0.1, 0.15) is 17.5 Å². The first-order chi connectivity index (χ1) is 24.8. The molecule has 10 rings (SSSR count). The number of hydrogen-bond acceptors (Lipinski definition) is 2. The standard InChI is InChI=1S/C48H34N2/c1-3-11-33-25-37(19-17-31(33)9-1)47-41-14-6-7-15-42(41)48(38-20-18-32-10-2-4-12-34(32)26-38)44-28-35(21-23-43(44)47)39-22-24-46(49-29-39)40-27-36-13-5-8-16-45(36)50-30-40/h1-23,25-26,28-30,40,46H,24,27H2. The molecule has 2 aliphatic rings. The van der Waals surface area contributed by atoms with E-state index in [1.807, 2.05) is 0 Å². The molecule has 0 spiro atoms. The summed E-state index contributed by atoms with van der Waals surface area (Å²) in [5.41, 5.74) is 9.81. The third-order valence-corrected chi connectivity index (χ3v) is 10.8. The first-order valence-corrected chi connectivity index (χ1v) is 17.6. The van der Waals surface area contributed by atoms with Crippen LogP contribution in [0.15, 0.2) is 168 Å². The van der Waals surface area contributed by atoms with Crippen molar-refractivity contribution in [3.63, 3.8) is 0 Å². The van der Waals surface area contributed by atoms with Crippen LogP contribution in [0.3, 0.4) is 0 Å². The second-order valence-electron chi connectivity index (χ2n) is 13.7. The summed E-state index contributed by atoms with van der Waals surface area (Å²) in [4.78, 5) is 9.91. The van der Waals surface area contributed by atoms with Gasteiger partial charge in [-0.05, 0) is 119 Å². The fraction of sp³-hybridized carbons (Fsp3) is 0.0833. The first-order valence-electron chi connectivity index (χ1n) is 17.6. The molecule has 0 bridgehead atoms. The fourth-order valence-electron chi connectivity index (χ4n) is 8.21. The van der Waals surface area contributed by atoms with Gasteiger partial charge in [-0.25, -0.2) is 0 Å². The number of aliphatic imine (C=N–C) groups is 2. The summed E-state index contributed by atoms with van der Waals surface area (Å²) in [5.74, 6) is 0.311. The Morgan fingerprint density at radius 1 is 0.480 bits per heavy atom. The minimum atomic E-state index is 0.202. The van der Waals surface area contributed by atoms with Crippen LogP contribution in [0.25, 0.3) is 70.9 Å². The van der Waals surface area contributed by atoms with Gasteiger partial charge in [-0.15, -0.1) is 0 Å². The number of nitrogens with zero attached hydrogens (tertiary/aromatic N) is 2. The van der Waals surface area contributed by atoms with E-state index in [2.05, 4.69) is 170 Å². The van der Waals surface area contributed by atoms with Crippen molar-refractivity contribution in [2.45, 2.75) is 18.9 Å². The molecule has 0 fully saturated rings. The summed E-state index contributed by atoms with van der Waals surface area (Å²) >= 11 is 0. The van der Waals surface area contributed by atoms with Crippen LogP contribution in [-0.4, -0.2) is 18.5 Å². The van der Waals surface area contributed by atoms with Gasteiger partial charge in [0.1, 0.15) is 0 Å². The number of para-hydroxylation sites is 1. The molecule has 0 aromatic heterocycles. The van der Waals surface area contributed by atoms with Gasteiger partial charge >= 0.3 is 0 Å². The van der Waals surface area contributed by atoms with Crippen LogP contribution in [0.4, 0.5) is 5.69 Å². The van der Waals surface area contributed by atoms with Crippen molar-refractivity contribution >= 4 is 66.8 Å². The maximum atomic E-state index is 5.14. The van der Waals surface area contributed by atoms with Gasteiger partial charge < -0.3 is 0 Å². The Labute approximate surface area is 291 Å². The molecule has 0 aliphatic carbocycles. The van der Waals surface area contributed by atoms with Crippen LogP contribution in [0.5, 0.6) is 0 Å². The first kappa shape index (κ1) is 28.9. The lowest BCUT2D eigenvalue weighted by atomic mass is 9.83. The zero-order valence-corrected chi connectivity index (χ0v) is 27.6. The number of allylic oxidation sites excluding steroid dienone is 1. The van der Waals surface area contributed by atoms with Crippen molar-refractivity contribution < 1.29 is 0 Å². The number of fused-ring (bicyclic) bond motifs is 5. The number of hydrogen-bond donors (Lipinski definition) is 0. The lowest BCUT2D eigenvalue weighted by Gasteiger charge is -2.26. The maximum absolute atomic E-state index is 5.14. The van der Waals surface area contributed by atoms with E-state index in [-0.39, 0.29) is 6.04 Å². The Kier molecular flexibility index (Phi) is 6.80. The van der Waals surface area contributed by atoms with Crippen molar-refractivity contribution in [3.8, 4) is 22.3 Å². The zero-order chi connectivity index (χ0) is 33.0. The van der Waals surface area contributed by atoms with Crippen molar-refractivity contribution in [3.05, 3.63) is 169 Å². The second-order valence-corrected chi connectivity index (χ2v) is 13.7. The van der Waals surface area contributed by atoms with Gasteiger partial charge in [0.2, 0.25) is 0 Å². The SMILES string of the molecule is C1=Nc2ccccc2CC1C1CC=C(c2ccc3c(-c4ccc5ccccc5c4)c4ccccc4c(-c4ccc5ccccc5c4)c3c2)C=N1. The number of benzene rings is 8.